The monoisotopic (exact) mass is 220 g/mol. The Kier molecular flexibility index (Phi) is 3.93. The molecule has 2 atom stereocenters. The second-order valence-electron chi connectivity index (χ2n) is 4.34. The summed E-state index contributed by atoms with van der Waals surface area (Å²) in [5, 5.41) is 13.1. The van der Waals surface area contributed by atoms with Gasteiger partial charge < -0.3 is 10.4 Å². The molecule has 2 rings (SSSR count). The van der Waals surface area contributed by atoms with Crippen LogP contribution in [-0.4, -0.2) is 41.8 Å². The summed E-state index contributed by atoms with van der Waals surface area (Å²) in [7, 11) is 0. The van der Waals surface area contributed by atoms with Gasteiger partial charge in [0.25, 0.3) is 0 Å². The van der Waals surface area contributed by atoms with Crippen molar-refractivity contribution >= 4 is 0 Å². The molecule has 3 nitrogen and oxygen atoms in total. The zero-order valence-electron chi connectivity index (χ0n) is 9.76. The van der Waals surface area contributed by atoms with Gasteiger partial charge in [-0.15, -0.1) is 0 Å². The molecule has 2 N–H and O–H groups in total. The average molecular weight is 220 g/mol. The van der Waals surface area contributed by atoms with E-state index in [-0.39, 0.29) is 12.1 Å². The third-order valence-electron chi connectivity index (χ3n) is 3.25. The topological polar surface area (TPSA) is 35.5 Å². The first-order chi connectivity index (χ1) is 7.81. The highest BCUT2D eigenvalue weighted by Gasteiger charge is 2.29. The second-order valence-corrected chi connectivity index (χ2v) is 4.34. The summed E-state index contributed by atoms with van der Waals surface area (Å²) in [6.07, 6.45) is -0.233. The molecule has 1 aliphatic heterocycles. The van der Waals surface area contributed by atoms with Crippen LogP contribution in [0, 0.1) is 0 Å². The van der Waals surface area contributed by atoms with Crippen LogP contribution in [0.1, 0.15) is 12.5 Å². The SMILES string of the molecule is CCN(Cc1ccccc1)[C@@H]1CNC[C@H]1O. The number of hydrogen-bond donors (Lipinski definition) is 2. The maximum Gasteiger partial charge on any atom is 0.0831 e. The van der Waals surface area contributed by atoms with Crippen molar-refractivity contribution in [3.05, 3.63) is 35.9 Å². The van der Waals surface area contributed by atoms with Gasteiger partial charge in [-0.1, -0.05) is 37.3 Å². The molecule has 1 aliphatic rings. The van der Waals surface area contributed by atoms with Crippen LogP contribution < -0.4 is 5.32 Å². The van der Waals surface area contributed by atoms with Crippen molar-refractivity contribution in [2.75, 3.05) is 19.6 Å². The Morgan fingerprint density at radius 2 is 2.06 bits per heavy atom. The quantitative estimate of drug-likeness (QED) is 0.789. The molecule has 0 spiro atoms. The Morgan fingerprint density at radius 3 is 2.62 bits per heavy atom. The maximum atomic E-state index is 9.86. The van der Waals surface area contributed by atoms with E-state index in [1.165, 1.54) is 5.56 Å². The van der Waals surface area contributed by atoms with Crippen LogP contribution in [-0.2, 0) is 6.54 Å². The molecule has 0 unspecified atom stereocenters. The number of nitrogens with one attached hydrogen (secondary N) is 1. The molecule has 16 heavy (non-hydrogen) atoms. The van der Waals surface area contributed by atoms with Crippen molar-refractivity contribution in [1.29, 1.82) is 0 Å². The Morgan fingerprint density at radius 1 is 1.31 bits per heavy atom. The van der Waals surface area contributed by atoms with Crippen LogP contribution in [0.15, 0.2) is 30.3 Å². The van der Waals surface area contributed by atoms with E-state index in [9.17, 15) is 5.11 Å². The minimum absolute atomic E-state index is 0.233. The normalized spacial score (nSPS) is 25.2. The molecular weight excluding hydrogens is 200 g/mol. The molecule has 0 aromatic heterocycles. The van der Waals surface area contributed by atoms with E-state index in [4.69, 9.17) is 0 Å². The number of aliphatic hydroxyl groups is 1. The second kappa shape index (κ2) is 5.43. The van der Waals surface area contributed by atoms with Gasteiger partial charge >= 0.3 is 0 Å². The minimum Gasteiger partial charge on any atom is -0.390 e. The average Bonchev–Trinajstić information content (AvgIpc) is 2.74. The molecule has 0 saturated carbocycles. The molecule has 0 amide bonds. The van der Waals surface area contributed by atoms with Crippen molar-refractivity contribution in [3.8, 4) is 0 Å². The fourth-order valence-electron chi connectivity index (χ4n) is 2.31. The lowest BCUT2D eigenvalue weighted by molar-refractivity contribution is 0.0818. The van der Waals surface area contributed by atoms with Gasteiger partial charge in [-0.25, -0.2) is 0 Å². The molecule has 1 heterocycles. The molecule has 88 valence electrons. The number of nitrogens with zero attached hydrogens (tertiary/aromatic N) is 1. The molecule has 1 aromatic rings. The summed E-state index contributed by atoms with van der Waals surface area (Å²) in [6, 6.07) is 10.7. The Bertz CT molecular complexity index is 315. The number of rotatable bonds is 4. The summed E-state index contributed by atoms with van der Waals surface area (Å²) in [5.74, 6) is 0. The highest BCUT2D eigenvalue weighted by Crippen LogP contribution is 2.13. The summed E-state index contributed by atoms with van der Waals surface area (Å²) in [5.41, 5.74) is 1.31. The van der Waals surface area contributed by atoms with Crippen LogP contribution >= 0.6 is 0 Å². The smallest absolute Gasteiger partial charge is 0.0831 e. The molecule has 3 heteroatoms. The van der Waals surface area contributed by atoms with Crippen LogP contribution in [0.5, 0.6) is 0 Å². The van der Waals surface area contributed by atoms with Crippen LogP contribution in [0.25, 0.3) is 0 Å². The van der Waals surface area contributed by atoms with Crippen molar-refractivity contribution in [2.45, 2.75) is 25.6 Å². The number of β-amino-alcohol motifs (C(OH)–C–C–N with tert-alkyl or cyclic N) is 1. The van der Waals surface area contributed by atoms with Crippen LogP contribution in [0.2, 0.25) is 0 Å². The lowest BCUT2D eigenvalue weighted by Crippen LogP contribution is -2.42. The van der Waals surface area contributed by atoms with Gasteiger partial charge in [0.2, 0.25) is 0 Å². The lowest BCUT2D eigenvalue weighted by Gasteiger charge is -2.29. The van der Waals surface area contributed by atoms with Gasteiger partial charge in [-0.2, -0.15) is 0 Å². The summed E-state index contributed by atoms with van der Waals surface area (Å²) < 4.78 is 0. The predicted molar refractivity (Wildman–Crippen MR) is 65.2 cm³/mol. The van der Waals surface area contributed by atoms with Gasteiger partial charge in [0.1, 0.15) is 0 Å². The van der Waals surface area contributed by atoms with Gasteiger partial charge in [0.15, 0.2) is 0 Å². The Balaban J connectivity index is 2.00. The fraction of sp³-hybridized carbons (Fsp3) is 0.538. The molecular formula is C13H20N2O. The van der Waals surface area contributed by atoms with Crippen LogP contribution in [0.3, 0.4) is 0 Å². The van der Waals surface area contributed by atoms with E-state index in [1.54, 1.807) is 0 Å². The summed E-state index contributed by atoms with van der Waals surface area (Å²) >= 11 is 0. The zero-order chi connectivity index (χ0) is 11.4. The maximum absolute atomic E-state index is 9.86. The van der Waals surface area contributed by atoms with E-state index < -0.39 is 0 Å². The van der Waals surface area contributed by atoms with Crippen molar-refractivity contribution in [3.63, 3.8) is 0 Å². The van der Waals surface area contributed by atoms with Gasteiger partial charge in [-0.3, -0.25) is 4.90 Å². The summed E-state index contributed by atoms with van der Waals surface area (Å²) in [6.45, 7) is 5.64. The third kappa shape index (κ3) is 2.61. The number of benzene rings is 1. The standard InChI is InChI=1S/C13H20N2O/c1-2-15(12-8-14-9-13(12)16)10-11-6-4-3-5-7-11/h3-7,12-14,16H,2,8-10H2,1H3/t12-,13-/m1/s1. The van der Waals surface area contributed by atoms with Crippen molar-refractivity contribution in [2.24, 2.45) is 0 Å². The Labute approximate surface area is 97.1 Å². The Hall–Kier alpha value is -0.900. The first-order valence-electron chi connectivity index (χ1n) is 5.98. The molecule has 0 aliphatic carbocycles. The predicted octanol–water partition coefficient (Wildman–Crippen LogP) is 0.841. The third-order valence-corrected chi connectivity index (χ3v) is 3.25. The summed E-state index contributed by atoms with van der Waals surface area (Å²) in [4.78, 5) is 2.33. The molecule has 1 saturated heterocycles. The minimum atomic E-state index is -0.233. The first kappa shape index (κ1) is 11.6. The van der Waals surface area contributed by atoms with E-state index in [2.05, 4.69) is 41.4 Å². The van der Waals surface area contributed by atoms with E-state index in [0.717, 1.165) is 26.2 Å². The molecule has 1 aromatic carbocycles. The lowest BCUT2D eigenvalue weighted by atomic mass is 10.1. The van der Waals surface area contributed by atoms with Gasteiger partial charge in [0, 0.05) is 25.7 Å². The molecule has 0 bridgehead atoms. The molecule has 1 fully saturated rings. The van der Waals surface area contributed by atoms with Crippen molar-refractivity contribution in [1.82, 2.24) is 10.2 Å². The van der Waals surface area contributed by atoms with Gasteiger partial charge in [0.05, 0.1) is 6.10 Å². The number of likely N-dealkylation sites (N-methyl/N-ethyl adjacent to an activating group) is 1. The van der Waals surface area contributed by atoms with Crippen molar-refractivity contribution < 1.29 is 5.11 Å². The van der Waals surface area contributed by atoms with E-state index in [0.29, 0.717) is 0 Å². The van der Waals surface area contributed by atoms with Crippen LogP contribution in [0.4, 0.5) is 0 Å². The van der Waals surface area contributed by atoms with E-state index in [1.807, 2.05) is 6.07 Å². The molecule has 0 radical (unpaired) electrons. The zero-order valence-corrected chi connectivity index (χ0v) is 9.76. The van der Waals surface area contributed by atoms with E-state index >= 15 is 0 Å². The van der Waals surface area contributed by atoms with Gasteiger partial charge in [-0.05, 0) is 12.1 Å². The number of aliphatic hydroxyl groups excluding tert-OH is 1. The first-order valence-corrected chi connectivity index (χ1v) is 5.98. The largest absolute Gasteiger partial charge is 0.390 e. The number of hydrogen-bond acceptors (Lipinski definition) is 3. The highest BCUT2D eigenvalue weighted by atomic mass is 16.3. The highest BCUT2D eigenvalue weighted by molar-refractivity contribution is 5.14. The fourth-order valence-corrected chi connectivity index (χ4v) is 2.31.